The van der Waals surface area contributed by atoms with Crippen molar-refractivity contribution in [2.45, 2.75) is 0 Å². The van der Waals surface area contributed by atoms with Crippen LogP contribution in [0.2, 0.25) is 0 Å². The van der Waals surface area contributed by atoms with Crippen molar-refractivity contribution < 1.29 is 57.7 Å². The fraction of sp³-hybridized carbons (Fsp3) is 0.154. The Morgan fingerprint density at radius 1 is 0.368 bits per heavy atom. The van der Waals surface area contributed by atoms with Gasteiger partial charge in [-0.15, -0.1) is 0 Å². The summed E-state index contributed by atoms with van der Waals surface area (Å²) in [5, 5.41) is 23.4. The fourth-order valence-corrected chi connectivity index (χ4v) is 8.76. The number of H-pyrrole nitrogens is 4. The first-order valence-corrected chi connectivity index (χ1v) is 21.0. The van der Waals surface area contributed by atoms with Gasteiger partial charge >= 0.3 is 0 Å². The molecule has 8 bridgehead atoms. The van der Waals surface area contributed by atoms with Gasteiger partial charge in [-0.3, -0.25) is 9.59 Å². The van der Waals surface area contributed by atoms with E-state index in [9.17, 15) is 19.8 Å². The standard InChI is InChI=1S/C52H46N4O12/c1-61-37-23-28(57)24-38(62-2)49(37)48-35-15-13-33(55-35)46(26-19-41(65-5)51(59)42(20-26)66-6)31-11-9-29(53-31)45(25-17-39(63-3)50(58)40(18-25)64-4)30-10-12-32(54-30)47(34-14-16-36(48)56-34)27-21-43(67-7)52(60)44(22-27)68-8/h9-24,53-56,58-59H,1-8H3/b45-29-,46-31-. The molecule has 0 fully saturated rings. The van der Waals surface area contributed by atoms with Gasteiger partial charge < -0.3 is 68.0 Å². The molecule has 6 aromatic rings. The number of allylic oxidation sites excluding steroid dienone is 5. The number of Topliss-reactive ketones (excluding diaryl/α,β-unsaturated/α-hetero) is 1. The van der Waals surface area contributed by atoms with Gasteiger partial charge in [0.15, 0.2) is 40.3 Å². The first-order valence-electron chi connectivity index (χ1n) is 21.0. The number of carbonyl (C=O) groups is 2. The van der Waals surface area contributed by atoms with Crippen LogP contribution in [-0.4, -0.2) is 98.6 Å². The van der Waals surface area contributed by atoms with Crippen molar-refractivity contribution >= 4 is 33.9 Å². The average molecular weight is 919 g/mol. The SMILES string of the molecule is COC1=CC(=C2c3ccc([nH]3)C(=C3C(OC)=CC(=O)C=C3OC)c3ccc([nH]3)/C(c3cc(OC)c(O)c(OC)c3)=c3/cc/c([nH]3)=C(\c3cc(OC)c(O)c(OC)c3)c3ccc2[nH]3)C=C(OC)C1=O. The second-order valence-corrected chi connectivity index (χ2v) is 15.5. The average Bonchev–Trinajstić information content (AvgIpc) is 4.21. The molecule has 0 saturated carbocycles. The quantitative estimate of drug-likeness (QED) is 0.0914. The van der Waals surface area contributed by atoms with Gasteiger partial charge in [0.05, 0.1) is 62.5 Å². The fourth-order valence-electron chi connectivity index (χ4n) is 8.76. The highest BCUT2D eigenvalue weighted by Crippen LogP contribution is 2.43. The number of methoxy groups -OCH3 is 8. The number of carbonyl (C=O) groups excluding carboxylic acids is 2. The smallest absolute Gasteiger partial charge is 0.261 e. The van der Waals surface area contributed by atoms with E-state index in [1.165, 1.54) is 69.0 Å². The van der Waals surface area contributed by atoms with E-state index >= 15 is 0 Å². The van der Waals surface area contributed by atoms with Crippen LogP contribution in [0.5, 0.6) is 34.5 Å². The minimum Gasteiger partial charge on any atom is -0.502 e. The van der Waals surface area contributed by atoms with Crippen molar-refractivity contribution in [3.05, 3.63) is 187 Å². The predicted octanol–water partition coefficient (Wildman–Crippen LogP) is 6.14. The molecule has 2 aromatic carbocycles. The van der Waals surface area contributed by atoms with E-state index in [4.69, 9.17) is 37.9 Å². The number of aromatic hydroxyl groups is 2. The molecule has 9 rings (SSSR count). The summed E-state index contributed by atoms with van der Waals surface area (Å²) in [6.07, 6.45) is 6.11. The maximum atomic E-state index is 13.3. The van der Waals surface area contributed by atoms with E-state index in [1.807, 2.05) is 48.5 Å². The van der Waals surface area contributed by atoms with Crippen molar-refractivity contribution in [2.75, 3.05) is 56.9 Å². The highest BCUT2D eigenvalue weighted by atomic mass is 16.5. The van der Waals surface area contributed by atoms with Crippen LogP contribution in [0, 0.1) is 0 Å². The zero-order valence-corrected chi connectivity index (χ0v) is 38.2. The molecule has 5 heterocycles. The van der Waals surface area contributed by atoms with E-state index in [-0.39, 0.29) is 63.3 Å². The van der Waals surface area contributed by atoms with Crippen molar-refractivity contribution in [3.63, 3.8) is 0 Å². The summed E-state index contributed by atoms with van der Waals surface area (Å²) in [4.78, 5) is 41.0. The second kappa shape index (κ2) is 17.8. The maximum Gasteiger partial charge on any atom is 0.261 e. The van der Waals surface area contributed by atoms with Crippen LogP contribution in [-0.2, 0) is 28.5 Å². The van der Waals surface area contributed by atoms with Gasteiger partial charge in [-0.1, -0.05) is 0 Å². The van der Waals surface area contributed by atoms with Gasteiger partial charge in [0, 0.05) is 79.3 Å². The lowest BCUT2D eigenvalue weighted by atomic mass is 9.94. The first kappa shape index (κ1) is 44.3. The molecule has 1 aliphatic heterocycles. The number of phenolic OH excluding ortho intramolecular Hbond substituents is 2. The van der Waals surface area contributed by atoms with Gasteiger partial charge in [0.1, 0.15) is 11.5 Å². The van der Waals surface area contributed by atoms with E-state index in [0.29, 0.717) is 89.4 Å². The Morgan fingerprint density at radius 2 is 0.706 bits per heavy atom. The van der Waals surface area contributed by atoms with Crippen LogP contribution >= 0.6 is 0 Å². The molecule has 346 valence electrons. The summed E-state index contributed by atoms with van der Waals surface area (Å²) in [6.45, 7) is 0. The third-order valence-corrected chi connectivity index (χ3v) is 11.9. The first-order chi connectivity index (χ1) is 33.0. The summed E-state index contributed by atoms with van der Waals surface area (Å²) in [5.74, 6) is 0.323. The third kappa shape index (κ3) is 7.46. The topological polar surface area (TPSA) is 212 Å². The van der Waals surface area contributed by atoms with Crippen LogP contribution < -0.4 is 29.6 Å². The Hall–Kier alpha value is -8.92. The van der Waals surface area contributed by atoms with Gasteiger partial charge in [0.25, 0.3) is 5.78 Å². The molecule has 0 atom stereocenters. The molecule has 6 N–H and O–H groups in total. The molecule has 3 aliphatic rings. The van der Waals surface area contributed by atoms with Crippen molar-refractivity contribution in [3.8, 4) is 34.5 Å². The molecule has 0 amide bonds. The van der Waals surface area contributed by atoms with Gasteiger partial charge in [0.2, 0.25) is 11.5 Å². The molecule has 2 aliphatic carbocycles. The Balaban J connectivity index is 1.47. The van der Waals surface area contributed by atoms with E-state index in [2.05, 4.69) is 19.9 Å². The number of ether oxygens (including phenoxy) is 8. The number of aromatic nitrogens is 4. The van der Waals surface area contributed by atoms with Gasteiger partial charge in [-0.25, -0.2) is 0 Å². The van der Waals surface area contributed by atoms with Crippen LogP contribution in [0.1, 0.15) is 45.3 Å². The van der Waals surface area contributed by atoms with Crippen molar-refractivity contribution in [2.24, 2.45) is 0 Å². The van der Waals surface area contributed by atoms with E-state index in [0.717, 1.165) is 0 Å². The number of fused-ring (bicyclic) bond motifs is 8. The number of hydrogen-bond acceptors (Lipinski definition) is 12. The molecule has 4 aromatic heterocycles. The largest absolute Gasteiger partial charge is 0.502 e. The zero-order chi connectivity index (χ0) is 48.0. The Labute approximate surface area is 389 Å². The summed E-state index contributed by atoms with van der Waals surface area (Å²) in [6, 6.07) is 22.2. The Morgan fingerprint density at radius 3 is 1.04 bits per heavy atom. The molecule has 68 heavy (non-hydrogen) atoms. The highest BCUT2D eigenvalue weighted by molar-refractivity contribution is 6.09. The molecule has 16 heteroatoms. The molecule has 0 spiro atoms. The number of aromatic amines is 4. The number of nitrogens with one attached hydrogen (secondary N) is 4. The number of ketones is 2. The Bertz CT molecular complexity index is 3290. The lowest BCUT2D eigenvalue weighted by Gasteiger charge is -2.21. The van der Waals surface area contributed by atoms with Crippen LogP contribution in [0.3, 0.4) is 0 Å². The monoisotopic (exact) mass is 918 g/mol. The summed E-state index contributed by atoms with van der Waals surface area (Å²) >= 11 is 0. The minimum absolute atomic E-state index is 0.0706. The molecule has 0 unspecified atom stereocenters. The third-order valence-electron chi connectivity index (χ3n) is 11.9. The number of benzene rings is 2. The van der Waals surface area contributed by atoms with E-state index in [1.54, 1.807) is 36.4 Å². The molecular weight excluding hydrogens is 873 g/mol. The number of hydrogen-bond donors (Lipinski definition) is 6. The molecular formula is C52H46N4O12. The van der Waals surface area contributed by atoms with Crippen LogP contribution in [0.25, 0.3) is 22.3 Å². The van der Waals surface area contributed by atoms with Crippen molar-refractivity contribution in [1.82, 2.24) is 19.9 Å². The highest BCUT2D eigenvalue weighted by Gasteiger charge is 2.30. The number of rotatable bonds is 10. The zero-order valence-electron chi connectivity index (χ0n) is 38.2. The van der Waals surface area contributed by atoms with Crippen LogP contribution in [0.4, 0.5) is 0 Å². The summed E-state index contributed by atoms with van der Waals surface area (Å²) < 4.78 is 45.5. The Kier molecular flexibility index (Phi) is 11.6. The predicted molar refractivity (Wildman–Crippen MR) is 250 cm³/mol. The second-order valence-electron chi connectivity index (χ2n) is 15.5. The summed E-state index contributed by atoms with van der Waals surface area (Å²) in [5.41, 5.74) is 8.48. The lowest BCUT2D eigenvalue weighted by Crippen LogP contribution is -2.18. The van der Waals surface area contributed by atoms with Gasteiger partial charge in [-0.2, -0.15) is 0 Å². The minimum atomic E-state index is -0.417. The van der Waals surface area contributed by atoms with Gasteiger partial charge in [-0.05, 0) is 102 Å². The van der Waals surface area contributed by atoms with Crippen LogP contribution in [0.15, 0.2) is 131 Å². The molecule has 0 saturated heterocycles. The normalized spacial score (nSPS) is 16.4. The lowest BCUT2D eigenvalue weighted by molar-refractivity contribution is -0.118. The molecule has 0 radical (unpaired) electrons. The molecule has 16 nitrogen and oxygen atoms in total. The van der Waals surface area contributed by atoms with E-state index < -0.39 is 5.78 Å². The number of phenols is 2. The summed E-state index contributed by atoms with van der Waals surface area (Å²) in [7, 11) is 11.7. The van der Waals surface area contributed by atoms with Crippen molar-refractivity contribution in [1.29, 1.82) is 0 Å². The maximum absolute atomic E-state index is 13.3.